The lowest BCUT2D eigenvalue weighted by atomic mass is 9.99. The standard InChI is InChI=1S/C17H23F3O3/c1-4-6-9-23-15-8-7-13(11-14(15)17(18,19)20)10-12(3)16(21)22-5-2/h7-8,11-12H,4-6,9-10H2,1-3H3. The van der Waals surface area contributed by atoms with Gasteiger partial charge in [0.05, 0.1) is 24.7 Å². The Kier molecular flexibility index (Phi) is 7.39. The van der Waals surface area contributed by atoms with Crippen molar-refractivity contribution >= 4 is 5.97 Å². The van der Waals surface area contributed by atoms with Crippen LogP contribution in [0.1, 0.15) is 44.7 Å². The van der Waals surface area contributed by atoms with Gasteiger partial charge in [0.25, 0.3) is 0 Å². The smallest absolute Gasteiger partial charge is 0.419 e. The van der Waals surface area contributed by atoms with Gasteiger partial charge in [0.1, 0.15) is 5.75 Å². The van der Waals surface area contributed by atoms with Crippen molar-refractivity contribution in [3.05, 3.63) is 29.3 Å². The van der Waals surface area contributed by atoms with E-state index in [9.17, 15) is 18.0 Å². The molecule has 1 aromatic carbocycles. The van der Waals surface area contributed by atoms with E-state index in [-0.39, 0.29) is 25.4 Å². The van der Waals surface area contributed by atoms with Crippen molar-refractivity contribution < 1.29 is 27.4 Å². The molecule has 0 saturated carbocycles. The van der Waals surface area contributed by atoms with Crippen molar-refractivity contribution in [1.82, 2.24) is 0 Å². The van der Waals surface area contributed by atoms with Crippen LogP contribution in [-0.2, 0) is 22.1 Å². The molecule has 0 aliphatic rings. The van der Waals surface area contributed by atoms with E-state index in [0.29, 0.717) is 12.0 Å². The molecule has 0 bridgehead atoms. The minimum atomic E-state index is -4.50. The molecule has 3 nitrogen and oxygen atoms in total. The molecule has 0 fully saturated rings. The number of carbonyl (C=O) groups is 1. The molecule has 1 aromatic rings. The molecule has 0 spiro atoms. The molecule has 0 saturated heterocycles. The van der Waals surface area contributed by atoms with Crippen LogP contribution in [0, 0.1) is 5.92 Å². The Balaban J connectivity index is 2.93. The van der Waals surface area contributed by atoms with Gasteiger partial charge in [0.2, 0.25) is 0 Å². The summed E-state index contributed by atoms with van der Waals surface area (Å²) in [6, 6.07) is 3.94. The Morgan fingerprint density at radius 3 is 2.52 bits per heavy atom. The zero-order chi connectivity index (χ0) is 17.5. The number of esters is 1. The zero-order valence-corrected chi connectivity index (χ0v) is 13.7. The second-order valence-electron chi connectivity index (χ2n) is 5.39. The van der Waals surface area contributed by atoms with Crippen molar-refractivity contribution in [3.63, 3.8) is 0 Å². The molecule has 0 aliphatic carbocycles. The van der Waals surface area contributed by atoms with Crippen LogP contribution in [-0.4, -0.2) is 19.2 Å². The van der Waals surface area contributed by atoms with E-state index in [0.717, 1.165) is 12.5 Å². The first-order valence-corrected chi connectivity index (χ1v) is 7.79. The molecule has 1 atom stereocenters. The minimum absolute atomic E-state index is 0.168. The Bertz CT molecular complexity index is 512. The van der Waals surface area contributed by atoms with Gasteiger partial charge in [-0.05, 0) is 37.5 Å². The highest BCUT2D eigenvalue weighted by Gasteiger charge is 2.34. The van der Waals surface area contributed by atoms with E-state index in [1.807, 2.05) is 6.92 Å². The summed E-state index contributed by atoms with van der Waals surface area (Å²) in [5, 5.41) is 0. The third kappa shape index (κ3) is 6.12. The summed E-state index contributed by atoms with van der Waals surface area (Å²) in [4.78, 5) is 11.6. The van der Waals surface area contributed by atoms with Gasteiger partial charge in [-0.2, -0.15) is 13.2 Å². The molecule has 0 heterocycles. The van der Waals surface area contributed by atoms with Crippen LogP contribution in [0.3, 0.4) is 0 Å². The maximum Gasteiger partial charge on any atom is 0.419 e. The normalized spacial score (nSPS) is 12.8. The molecule has 0 aliphatic heterocycles. The number of carbonyl (C=O) groups excluding carboxylic acids is 1. The lowest BCUT2D eigenvalue weighted by Crippen LogP contribution is -2.17. The number of hydrogen-bond acceptors (Lipinski definition) is 3. The maximum atomic E-state index is 13.2. The number of ether oxygens (including phenoxy) is 2. The molecule has 0 radical (unpaired) electrons. The predicted molar refractivity (Wildman–Crippen MR) is 81.3 cm³/mol. The van der Waals surface area contributed by atoms with Gasteiger partial charge >= 0.3 is 12.1 Å². The number of unbranched alkanes of at least 4 members (excludes halogenated alkanes) is 1. The summed E-state index contributed by atoms with van der Waals surface area (Å²) in [7, 11) is 0. The molecule has 23 heavy (non-hydrogen) atoms. The highest BCUT2D eigenvalue weighted by atomic mass is 19.4. The van der Waals surface area contributed by atoms with E-state index in [2.05, 4.69) is 0 Å². The second kappa shape index (κ2) is 8.79. The van der Waals surface area contributed by atoms with E-state index in [4.69, 9.17) is 9.47 Å². The molecular formula is C17H23F3O3. The fourth-order valence-corrected chi connectivity index (χ4v) is 2.10. The molecule has 1 unspecified atom stereocenters. The van der Waals surface area contributed by atoms with E-state index >= 15 is 0 Å². The van der Waals surface area contributed by atoms with Crippen molar-refractivity contribution in [1.29, 1.82) is 0 Å². The van der Waals surface area contributed by atoms with Gasteiger partial charge < -0.3 is 9.47 Å². The molecule has 0 aromatic heterocycles. The molecule has 6 heteroatoms. The second-order valence-corrected chi connectivity index (χ2v) is 5.39. The van der Waals surface area contributed by atoms with Crippen LogP contribution in [0.25, 0.3) is 0 Å². The van der Waals surface area contributed by atoms with Crippen molar-refractivity contribution in [2.24, 2.45) is 5.92 Å². The maximum absolute atomic E-state index is 13.2. The molecule has 1 rings (SSSR count). The highest BCUT2D eigenvalue weighted by Crippen LogP contribution is 2.37. The number of alkyl halides is 3. The summed E-state index contributed by atoms with van der Waals surface area (Å²) in [5.41, 5.74) is -0.372. The van der Waals surface area contributed by atoms with Gasteiger partial charge in [-0.1, -0.05) is 26.3 Å². The molecule has 130 valence electrons. The van der Waals surface area contributed by atoms with Gasteiger partial charge in [-0.3, -0.25) is 4.79 Å². The lowest BCUT2D eigenvalue weighted by molar-refractivity contribution is -0.147. The average Bonchev–Trinajstić information content (AvgIpc) is 2.48. The number of halogens is 3. The van der Waals surface area contributed by atoms with Crippen LogP contribution in [0.5, 0.6) is 5.75 Å². The van der Waals surface area contributed by atoms with Gasteiger partial charge in [0.15, 0.2) is 0 Å². The van der Waals surface area contributed by atoms with Crippen LogP contribution in [0.15, 0.2) is 18.2 Å². The van der Waals surface area contributed by atoms with Crippen LogP contribution in [0.2, 0.25) is 0 Å². The van der Waals surface area contributed by atoms with E-state index < -0.39 is 23.6 Å². The summed E-state index contributed by atoms with van der Waals surface area (Å²) in [6.45, 7) is 5.76. The number of benzene rings is 1. The van der Waals surface area contributed by atoms with Crippen LogP contribution < -0.4 is 4.74 Å². The van der Waals surface area contributed by atoms with E-state index in [1.165, 1.54) is 6.07 Å². The topological polar surface area (TPSA) is 35.5 Å². The van der Waals surface area contributed by atoms with Crippen molar-refractivity contribution in [2.45, 2.75) is 46.2 Å². The Hall–Kier alpha value is -1.72. The fraction of sp³-hybridized carbons (Fsp3) is 0.588. The largest absolute Gasteiger partial charge is 0.493 e. The fourth-order valence-electron chi connectivity index (χ4n) is 2.10. The van der Waals surface area contributed by atoms with Gasteiger partial charge in [0, 0.05) is 0 Å². The third-order valence-corrected chi connectivity index (χ3v) is 3.34. The highest BCUT2D eigenvalue weighted by molar-refractivity contribution is 5.72. The summed E-state index contributed by atoms with van der Waals surface area (Å²) < 4.78 is 49.7. The quantitative estimate of drug-likeness (QED) is 0.514. The van der Waals surface area contributed by atoms with Crippen molar-refractivity contribution in [3.8, 4) is 5.75 Å². The average molecular weight is 332 g/mol. The Morgan fingerprint density at radius 2 is 1.96 bits per heavy atom. The van der Waals surface area contributed by atoms with Crippen LogP contribution >= 0.6 is 0 Å². The Morgan fingerprint density at radius 1 is 1.26 bits per heavy atom. The third-order valence-electron chi connectivity index (χ3n) is 3.34. The number of hydrogen-bond donors (Lipinski definition) is 0. The van der Waals surface area contributed by atoms with Crippen LogP contribution in [0.4, 0.5) is 13.2 Å². The first-order valence-electron chi connectivity index (χ1n) is 7.79. The summed E-state index contributed by atoms with van der Waals surface area (Å²) in [5.74, 6) is -1.08. The monoisotopic (exact) mass is 332 g/mol. The van der Waals surface area contributed by atoms with Gasteiger partial charge in [-0.15, -0.1) is 0 Å². The first kappa shape index (κ1) is 19.3. The van der Waals surface area contributed by atoms with E-state index in [1.54, 1.807) is 19.9 Å². The zero-order valence-electron chi connectivity index (χ0n) is 13.7. The predicted octanol–water partition coefficient (Wildman–Crippen LogP) is 4.63. The lowest BCUT2D eigenvalue weighted by Gasteiger charge is -2.16. The number of rotatable bonds is 8. The molecular weight excluding hydrogens is 309 g/mol. The summed E-state index contributed by atoms with van der Waals surface area (Å²) >= 11 is 0. The van der Waals surface area contributed by atoms with Gasteiger partial charge in [-0.25, -0.2) is 0 Å². The SMILES string of the molecule is CCCCOc1ccc(CC(C)C(=O)OCC)cc1C(F)(F)F. The molecule has 0 amide bonds. The minimum Gasteiger partial charge on any atom is -0.493 e. The Labute approximate surface area is 134 Å². The molecule has 0 N–H and O–H groups in total. The first-order chi connectivity index (χ1) is 10.8. The summed E-state index contributed by atoms with van der Waals surface area (Å²) in [6.07, 6.45) is -2.77. The van der Waals surface area contributed by atoms with Crippen molar-refractivity contribution in [2.75, 3.05) is 13.2 Å².